The number of likely N-dealkylation sites (N-methyl/N-ethyl adjacent to an activating group) is 1. The lowest BCUT2D eigenvalue weighted by molar-refractivity contribution is 0.0349. The van der Waals surface area contributed by atoms with Gasteiger partial charge in [0.2, 0.25) is 0 Å². The average Bonchev–Trinajstić information content (AvgIpc) is 3.11. The van der Waals surface area contributed by atoms with Crippen LogP contribution >= 0.6 is 0 Å². The molecule has 0 radical (unpaired) electrons. The number of aliphatic hydroxyl groups is 1. The number of hydrogen-bond acceptors (Lipinski definition) is 7. The molecule has 1 saturated heterocycles. The van der Waals surface area contributed by atoms with Crippen molar-refractivity contribution in [2.45, 2.75) is 13.0 Å². The minimum atomic E-state index is -0.704. The summed E-state index contributed by atoms with van der Waals surface area (Å²) in [4.78, 5) is 16.5. The third kappa shape index (κ3) is 6.99. The third-order valence-corrected chi connectivity index (χ3v) is 5.85. The summed E-state index contributed by atoms with van der Waals surface area (Å²) in [6.45, 7) is 10.5. The number of benzene rings is 2. The van der Waals surface area contributed by atoms with Gasteiger partial charge in [0, 0.05) is 55.6 Å². The van der Waals surface area contributed by atoms with Gasteiger partial charge in [-0.1, -0.05) is 0 Å². The second kappa shape index (κ2) is 13.1. The molecule has 2 aromatic rings. The molecule has 0 spiro atoms. The normalized spacial score (nSPS) is 15.5. The van der Waals surface area contributed by atoms with Crippen molar-refractivity contribution in [3.05, 3.63) is 78.2 Å². The lowest BCUT2D eigenvalue weighted by Gasteiger charge is -2.30. The minimum Gasteiger partial charge on any atom is -0.485 e. The summed E-state index contributed by atoms with van der Waals surface area (Å²) in [5, 5.41) is 12.3. The predicted octanol–water partition coefficient (Wildman–Crippen LogP) is 3.95. The van der Waals surface area contributed by atoms with Crippen LogP contribution in [-0.4, -0.2) is 73.9 Å². The first-order valence-corrected chi connectivity index (χ1v) is 12.0. The first-order valence-electron chi connectivity index (χ1n) is 12.0. The van der Waals surface area contributed by atoms with Crippen LogP contribution in [-0.2, 0) is 4.74 Å². The smallest absolute Gasteiger partial charge is 0.253 e. The molecule has 1 unspecified atom stereocenters. The molecule has 2 aromatic carbocycles. The van der Waals surface area contributed by atoms with Gasteiger partial charge in [0.15, 0.2) is 17.4 Å². The topological polar surface area (TPSA) is 83.5 Å². The van der Waals surface area contributed by atoms with Gasteiger partial charge in [-0.2, -0.15) is 0 Å². The number of morpholine rings is 1. The SMILES string of the molecule is C=C.CC(Nc1cc(F)cc(F)c1)c1cc(C(=O)N(C)CCO)cc2c1OC(N1CCOCC1)=CCO2. The van der Waals surface area contributed by atoms with E-state index in [1.807, 2.05) is 6.08 Å². The summed E-state index contributed by atoms with van der Waals surface area (Å²) in [7, 11) is 1.59. The summed E-state index contributed by atoms with van der Waals surface area (Å²) in [6, 6.07) is 5.97. The molecule has 4 rings (SSSR count). The van der Waals surface area contributed by atoms with Gasteiger partial charge in [-0.05, 0) is 31.2 Å². The Kier molecular flexibility index (Phi) is 9.87. The summed E-state index contributed by atoms with van der Waals surface area (Å²) < 4.78 is 45.3. The fraction of sp³-hybridized carbons (Fsp3) is 0.370. The number of carbonyl (C=O) groups is 1. The maximum absolute atomic E-state index is 13.8. The quantitative estimate of drug-likeness (QED) is 0.538. The van der Waals surface area contributed by atoms with Gasteiger partial charge in [-0.15, -0.1) is 13.2 Å². The highest BCUT2D eigenvalue weighted by atomic mass is 19.1. The van der Waals surface area contributed by atoms with Gasteiger partial charge in [-0.3, -0.25) is 4.79 Å². The van der Waals surface area contributed by atoms with Crippen LogP contribution in [0.4, 0.5) is 14.5 Å². The first kappa shape index (κ1) is 27.9. The lowest BCUT2D eigenvalue weighted by atomic mass is 10.0. The predicted molar refractivity (Wildman–Crippen MR) is 137 cm³/mol. The van der Waals surface area contributed by atoms with Crippen LogP contribution in [0.1, 0.15) is 28.9 Å². The molecule has 2 heterocycles. The third-order valence-electron chi connectivity index (χ3n) is 5.85. The molecular formula is C27H33F2N3O5. The molecule has 200 valence electrons. The Hall–Kier alpha value is -3.63. The standard InChI is InChI=1S/C25H29F2N3O5.C2H4/c1-16(28-20-14-18(26)13-19(27)15-20)21-11-17(25(32)29(2)4-7-31)12-22-24(21)35-23(3-8-34-22)30-5-9-33-10-6-30;1-2/h3,11-16,28,31H,4-10H2,1-2H3;1-2H2. The van der Waals surface area contributed by atoms with Gasteiger partial charge in [0.1, 0.15) is 18.2 Å². The Labute approximate surface area is 215 Å². The molecule has 0 saturated carbocycles. The molecule has 1 fully saturated rings. The molecule has 10 heteroatoms. The van der Waals surface area contributed by atoms with E-state index in [0.29, 0.717) is 54.8 Å². The highest BCUT2D eigenvalue weighted by molar-refractivity contribution is 5.95. The van der Waals surface area contributed by atoms with E-state index >= 15 is 0 Å². The largest absolute Gasteiger partial charge is 0.485 e. The van der Waals surface area contributed by atoms with Crippen molar-refractivity contribution in [3.63, 3.8) is 0 Å². The fourth-order valence-electron chi connectivity index (χ4n) is 4.05. The van der Waals surface area contributed by atoms with Crippen molar-refractivity contribution in [3.8, 4) is 11.5 Å². The number of nitrogens with one attached hydrogen (secondary N) is 1. The number of ether oxygens (including phenoxy) is 3. The summed E-state index contributed by atoms with van der Waals surface area (Å²) in [5.74, 6) is -0.300. The molecule has 2 aliphatic rings. The molecule has 2 N–H and O–H groups in total. The van der Waals surface area contributed by atoms with Crippen molar-refractivity contribution in [1.82, 2.24) is 9.80 Å². The van der Waals surface area contributed by atoms with E-state index < -0.39 is 17.7 Å². The van der Waals surface area contributed by atoms with Crippen LogP contribution in [0.25, 0.3) is 0 Å². The number of anilines is 1. The molecular weight excluding hydrogens is 484 g/mol. The van der Waals surface area contributed by atoms with Gasteiger partial charge >= 0.3 is 0 Å². The Bertz CT molecular complexity index is 1100. The Morgan fingerprint density at radius 2 is 1.84 bits per heavy atom. The molecule has 0 aliphatic carbocycles. The van der Waals surface area contributed by atoms with E-state index in [4.69, 9.17) is 14.2 Å². The molecule has 2 aliphatic heterocycles. The van der Waals surface area contributed by atoms with Gasteiger partial charge in [-0.25, -0.2) is 8.78 Å². The number of halogens is 2. The molecule has 1 amide bonds. The Balaban J connectivity index is 0.00000186. The Morgan fingerprint density at radius 1 is 1.16 bits per heavy atom. The maximum Gasteiger partial charge on any atom is 0.253 e. The van der Waals surface area contributed by atoms with Gasteiger partial charge in [0.05, 0.1) is 25.9 Å². The minimum absolute atomic E-state index is 0.168. The molecule has 0 bridgehead atoms. The van der Waals surface area contributed by atoms with Crippen LogP contribution in [0.2, 0.25) is 0 Å². The second-order valence-corrected chi connectivity index (χ2v) is 8.42. The van der Waals surface area contributed by atoms with Crippen molar-refractivity contribution < 1.29 is 32.9 Å². The van der Waals surface area contributed by atoms with Crippen molar-refractivity contribution in [2.24, 2.45) is 0 Å². The van der Waals surface area contributed by atoms with E-state index in [0.717, 1.165) is 6.07 Å². The van der Waals surface area contributed by atoms with E-state index in [2.05, 4.69) is 23.4 Å². The zero-order valence-electron chi connectivity index (χ0n) is 21.1. The number of hydrogen-bond donors (Lipinski definition) is 2. The molecule has 1 atom stereocenters. The van der Waals surface area contributed by atoms with Crippen LogP contribution in [0, 0.1) is 11.6 Å². The van der Waals surface area contributed by atoms with Crippen molar-refractivity contribution in [2.75, 3.05) is 58.4 Å². The molecule has 0 aromatic heterocycles. The number of nitrogens with zero attached hydrogens (tertiary/aromatic N) is 2. The van der Waals surface area contributed by atoms with E-state index in [-0.39, 0.29) is 31.4 Å². The first-order chi connectivity index (χ1) is 17.9. The molecule has 8 nitrogen and oxygen atoms in total. The second-order valence-electron chi connectivity index (χ2n) is 8.42. The van der Waals surface area contributed by atoms with Crippen LogP contribution in [0.3, 0.4) is 0 Å². The number of fused-ring (bicyclic) bond motifs is 1. The fourth-order valence-corrected chi connectivity index (χ4v) is 4.05. The van der Waals surface area contributed by atoms with Crippen LogP contribution in [0.15, 0.2) is 55.4 Å². The summed E-state index contributed by atoms with van der Waals surface area (Å²) in [6.07, 6.45) is 1.83. The summed E-state index contributed by atoms with van der Waals surface area (Å²) in [5.41, 5.74) is 1.16. The van der Waals surface area contributed by atoms with Crippen molar-refractivity contribution >= 4 is 11.6 Å². The number of aliphatic hydroxyl groups excluding tert-OH is 1. The summed E-state index contributed by atoms with van der Waals surface area (Å²) >= 11 is 0. The highest BCUT2D eigenvalue weighted by Gasteiger charge is 2.27. The van der Waals surface area contributed by atoms with E-state index in [9.17, 15) is 18.7 Å². The van der Waals surface area contributed by atoms with Crippen LogP contribution < -0.4 is 14.8 Å². The lowest BCUT2D eigenvalue weighted by Crippen LogP contribution is -2.37. The zero-order valence-corrected chi connectivity index (χ0v) is 21.1. The van der Waals surface area contributed by atoms with Crippen molar-refractivity contribution in [1.29, 1.82) is 0 Å². The van der Waals surface area contributed by atoms with Crippen LogP contribution in [0.5, 0.6) is 11.5 Å². The molecule has 37 heavy (non-hydrogen) atoms. The number of carbonyl (C=O) groups excluding carboxylic acids is 1. The van der Waals surface area contributed by atoms with Gasteiger partial charge < -0.3 is 34.4 Å². The maximum atomic E-state index is 13.8. The number of amides is 1. The van der Waals surface area contributed by atoms with E-state index in [1.165, 1.54) is 17.0 Å². The zero-order chi connectivity index (χ0) is 26.9. The average molecular weight is 518 g/mol. The Morgan fingerprint density at radius 3 is 2.49 bits per heavy atom. The van der Waals surface area contributed by atoms with Gasteiger partial charge in [0.25, 0.3) is 5.91 Å². The van der Waals surface area contributed by atoms with E-state index in [1.54, 1.807) is 26.1 Å². The number of rotatable bonds is 7. The monoisotopic (exact) mass is 517 g/mol. The highest BCUT2D eigenvalue weighted by Crippen LogP contribution is 2.41.